The number of allylic oxidation sites excluding steroid dienone is 2. The average Bonchev–Trinajstić information content (AvgIpc) is 2.24. The molecule has 2 rings (SSSR count). The van der Waals surface area contributed by atoms with E-state index in [0.29, 0.717) is 5.56 Å². The lowest BCUT2D eigenvalue weighted by molar-refractivity contribution is -0.153. The van der Waals surface area contributed by atoms with Gasteiger partial charge >= 0.3 is 12.1 Å². The highest BCUT2D eigenvalue weighted by molar-refractivity contribution is 5.87. The molecule has 0 saturated carbocycles. The fourth-order valence-electron chi connectivity index (χ4n) is 1.61. The Balaban J connectivity index is 2.30. The van der Waals surface area contributed by atoms with Crippen LogP contribution < -0.4 is 4.74 Å². The first kappa shape index (κ1) is 13.4. The van der Waals surface area contributed by atoms with E-state index in [4.69, 9.17) is 5.11 Å². The van der Waals surface area contributed by atoms with Crippen LogP contribution in [0.15, 0.2) is 18.3 Å². The number of nitrogens with zero attached hydrogens (tertiary/aromatic N) is 1. The SMILES string of the molecule is O=C(O)c1cc(OCC(F)(F)F)c(C2=CCC2)cn1. The smallest absolute Gasteiger partial charge is 0.422 e. The Morgan fingerprint density at radius 1 is 1.47 bits per heavy atom. The van der Waals surface area contributed by atoms with Crippen LogP contribution in [0.1, 0.15) is 28.9 Å². The number of hydrogen-bond acceptors (Lipinski definition) is 3. The zero-order valence-corrected chi connectivity index (χ0v) is 9.70. The van der Waals surface area contributed by atoms with Crippen LogP contribution >= 0.6 is 0 Å². The van der Waals surface area contributed by atoms with Crippen LogP contribution in [0.3, 0.4) is 0 Å². The van der Waals surface area contributed by atoms with Gasteiger partial charge in [-0.2, -0.15) is 13.2 Å². The number of carbonyl (C=O) groups is 1. The van der Waals surface area contributed by atoms with E-state index in [1.807, 2.05) is 6.08 Å². The molecule has 0 unspecified atom stereocenters. The van der Waals surface area contributed by atoms with Gasteiger partial charge in [0.25, 0.3) is 0 Å². The molecule has 0 aromatic carbocycles. The van der Waals surface area contributed by atoms with Gasteiger partial charge in [0.05, 0.1) is 0 Å². The lowest BCUT2D eigenvalue weighted by Gasteiger charge is -2.19. The summed E-state index contributed by atoms with van der Waals surface area (Å²) < 4.78 is 41.2. The first-order valence-corrected chi connectivity index (χ1v) is 5.49. The van der Waals surface area contributed by atoms with Crippen molar-refractivity contribution in [3.63, 3.8) is 0 Å². The second-order valence-electron chi connectivity index (χ2n) is 4.04. The molecule has 0 atom stereocenters. The van der Waals surface area contributed by atoms with Gasteiger partial charge in [-0.3, -0.25) is 0 Å². The van der Waals surface area contributed by atoms with E-state index >= 15 is 0 Å². The molecular formula is C12H10F3NO3. The second-order valence-corrected chi connectivity index (χ2v) is 4.04. The molecular weight excluding hydrogens is 263 g/mol. The summed E-state index contributed by atoms with van der Waals surface area (Å²) in [6.45, 7) is -1.46. The van der Waals surface area contributed by atoms with E-state index < -0.39 is 18.8 Å². The second kappa shape index (κ2) is 4.91. The fourth-order valence-corrected chi connectivity index (χ4v) is 1.61. The molecule has 102 valence electrons. The summed E-state index contributed by atoms with van der Waals surface area (Å²) in [5.41, 5.74) is 0.892. The average molecular weight is 273 g/mol. The topological polar surface area (TPSA) is 59.4 Å². The predicted molar refractivity (Wildman–Crippen MR) is 60.0 cm³/mol. The Labute approximate surface area is 106 Å². The third-order valence-electron chi connectivity index (χ3n) is 2.63. The maximum atomic E-state index is 12.2. The Bertz CT molecular complexity index is 538. The number of alkyl halides is 3. The Morgan fingerprint density at radius 3 is 2.63 bits per heavy atom. The maximum Gasteiger partial charge on any atom is 0.422 e. The summed E-state index contributed by atoms with van der Waals surface area (Å²) in [5.74, 6) is -1.42. The van der Waals surface area contributed by atoms with Gasteiger partial charge in [0.15, 0.2) is 12.3 Å². The van der Waals surface area contributed by atoms with Crippen molar-refractivity contribution in [1.82, 2.24) is 4.98 Å². The van der Waals surface area contributed by atoms with Crippen molar-refractivity contribution >= 4 is 11.5 Å². The van der Waals surface area contributed by atoms with Crippen LogP contribution in [0.4, 0.5) is 13.2 Å². The van der Waals surface area contributed by atoms with Gasteiger partial charge in [0.1, 0.15) is 5.75 Å². The van der Waals surface area contributed by atoms with E-state index in [9.17, 15) is 18.0 Å². The van der Waals surface area contributed by atoms with E-state index in [2.05, 4.69) is 9.72 Å². The van der Waals surface area contributed by atoms with Crippen molar-refractivity contribution in [3.8, 4) is 5.75 Å². The number of aromatic carboxylic acids is 1. The third kappa shape index (κ3) is 3.24. The van der Waals surface area contributed by atoms with E-state index in [1.165, 1.54) is 6.20 Å². The highest BCUT2D eigenvalue weighted by Crippen LogP contribution is 2.35. The van der Waals surface area contributed by atoms with Gasteiger partial charge in [-0.05, 0) is 18.4 Å². The van der Waals surface area contributed by atoms with Crippen LogP contribution in [0.25, 0.3) is 5.57 Å². The number of halogens is 3. The first-order valence-electron chi connectivity index (χ1n) is 5.49. The summed E-state index contributed by atoms with van der Waals surface area (Å²) in [4.78, 5) is 14.4. The standard InChI is InChI=1S/C12H10F3NO3/c13-12(14,15)6-19-10-4-9(11(17)18)16-5-8(10)7-2-1-3-7/h2,4-5H,1,3,6H2,(H,17,18). The number of carboxylic acid groups (broad SMARTS) is 1. The molecule has 0 fully saturated rings. The van der Waals surface area contributed by atoms with E-state index in [1.54, 1.807) is 0 Å². The minimum atomic E-state index is -4.47. The number of pyridine rings is 1. The van der Waals surface area contributed by atoms with Crippen LogP contribution in [-0.2, 0) is 0 Å². The van der Waals surface area contributed by atoms with Gasteiger partial charge < -0.3 is 9.84 Å². The van der Waals surface area contributed by atoms with Crippen LogP contribution in [0.5, 0.6) is 5.75 Å². The Morgan fingerprint density at radius 2 is 2.16 bits per heavy atom. The highest BCUT2D eigenvalue weighted by atomic mass is 19.4. The maximum absolute atomic E-state index is 12.2. The molecule has 0 radical (unpaired) electrons. The zero-order chi connectivity index (χ0) is 14.0. The number of carboxylic acids is 1. The van der Waals surface area contributed by atoms with Crippen LogP contribution in [0, 0.1) is 0 Å². The monoisotopic (exact) mass is 273 g/mol. The van der Waals surface area contributed by atoms with Crippen molar-refractivity contribution in [3.05, 3.63) is 29.6 Å². The van der Waals surface area contributed by atoms with Crippen molar-refractivity contribution in [2.24, 2.45) is 0 Å². The highest BCUT2D eigenvalue weighted by Gasteiger charge is 2.29. The lowest BCUT2D eigenvalue weighted by atomic mass is 9.92. The molecule has 1 aromatic heterocycles. The third-order valence-corrected chi connectivity index (χ3v) is 2.63. The van der Waals surface area contributed by atoms with Gasteiger partial charge in [0, 0.05) is 17.8 Å². The molecule has 0 aliphatic heterocycles. The number of rotatable bonds is 4. The van der Waals surface area contributed by atoms with Crippen LogP contribution in [-0.4, -0.2) is 28.8 Å². The van der Waals surface area contributed by atoms with Crippen molar-refractivity contribution in [1.29, 1.82) is 0 Å². The largest absolute Gasteiger partial charge is 0.483 e. The molecule has 1 heterocycles. The first-order chi connectivity index (χ1) is 8.87. The Hall–Kier alpha value is -2.05. The molecule has 1 aliphatic carbocycles. The summed E-state index contributed by atoms with van der Waals surface area (Å²) in [6, 6.07) is 1.02. The molecule has 0 spiro atoms. The van der Waals surface area contributed by atoms with Gasteiger partial charge in [-0.15, -0.1) is 0 Å². The molecule has 1 aliphatic rings. The molecule has 0 amide bonds. The summed E-state index contributed by atoms with van der Waals surface area (Å²) in [6.07, 6.45) is 0.168. The fraction of sp³-hybridized carbons (Fsp3) is 0.333. The predicted octanol–water partition coefficient (Wildman–Crippen LogP) is 2.90. The lowest BCUT2D eigenvalue weighted by Crippen LogP contribution is -2.20. The quantitative estimate of drug-likeness (QED) is 0.916. The summed E-state index contributed by atoms with van der Waals surface area (Å²) >= 11 is 0. The van der Waals surface area contributed by atoms with Crippen molar-refractivity contribution in [2.75, 3.05) is 6.61 Å². The molecule has 0 saturated heterocycles. The van der Waals surface area contributed by atoms with Gasteiger partial charge in [-0.25, -0.2) is 9.78 Å². The van der Waals surface area contributed by atoms with Crippen LogP contribution in [0.2, 0.25) is 0 Å². The zero-order valence-electron chi connectivity index (χ0n) is 9.70. The number of hydrogen-bond donors (Lipinski definition) is 1. The van der Waals surface area contributed by atoms with Crippen molar-refractivity contribution < 1.29 is 27.8 Å². The van der Waals surface area contributed by atoms with E-state index in [-0.39, 0.29) is 11.4 Å². The van der Waals surface area contributed by atoms with E-state index in [0.717, 1.165) is 24.5 Å². The van der Waals surface area contributed by atoms with Gasteiger partial charge in [0.2, 0.25) is 0 Å². The van der Waals surface area contributed by atoms with Gasteiger partial charge in [-0.1, -0.05) is 6.08 Å². The normalized spacial score (nSPS) is 14.6. The number of aromatic nitrogens is 1. The Kier molecular flexibility index (Phi) is 3.46. The minimum Gasteiger partial charge on any atom is -0.483 e. The molecule has 1 aromatic rings. The minimum absolute atomic E-state index is 0.101. The summed E-state index contributed by atoms with van der Waals surface area (Å²) in [5, 5.41) is 8.78. The number of ether oxygens (including phenoxy) is 1. The molecule has 1 N–H and O–H groups in total. The molecule has 4 nitrogen and oxygen atoms in total. The molecule has 19 heavy (non-hydrogen) atoms. The summed E-state index contributed by atoms with van der Waals surface area (Å²) in [7, 11) is 0. The molecule has 7 heteroatoms. The van der Waals surface area contributed by atoms with Crippen molar-refractivity contribution in [2.45, 2.75) is 19.0 Å². The molecule has 0 bridgehead atoms.